The van der Waals surface area contributed by atoms with E-state index in [1.807, 2.05) is 54.6 Å². The van der Waals surface area contributed by atoms with Crippen LogP contribution in [0.25, 0.3) is 17.3 Å². The molecular formula is C30H26Cl2N6O. The molecule has 9 heteroatoms. The highest BCUT2D eigenvalue weighted by molar-refractivity contribution is 6.35. The molecule has 1 aromatic heterocycles. The summed E-state index contributed by atoms with van der Waals surface area (Å²) >= 11 is 12.4. The number of aromatic nitrogens is 2. The highest BCUT2D eigenvalue weighted by Gasteiger charge is 2.21. The van der Waals surface area contributed by atoms with Crippen LogP contribution in [0.15, 0.2) is 66.7 Å². The number of nitrogens with zero attached hydrogens (tertiary/aromatic N) is 5. The summed E-state index contributed by atoms with van der Waals surface area (Å²) in [6.07, 6.45) is 1.66. The van der Waals surface area contributed by atoms with Crippen LogP contribution in [0.3, 0.4) is 0 Å². The van der Waals surface area contributed by atoms with Gasteiger partial charge in [-0.2, -0.15) is 15.6 Å². The molecule has 1 heterocycles. The summed E-state index contributed by atoms with van der Waals surface area (Å²) in [5.74, 6) is 0.706. The Kier molecular flexibility index (Phi) is 8.78. The third-order valence-electron chi connectivity index (χ3n) is 6.23. The Labute approximate surface area is 237 Å². The standard InChI is InChI=1S/C30H26Cl2N6O/c1-3-37(4-2)25-13-11-20(28(16-25)39-19-21-10-12-23(31)15-27(21)32)14-22(17-33)29-26(18-34)30(35)38(36-29)24-8-6-5-7-9-24/h5-16H,3-4,19,35H2,1-2H3/b22-14-. The molecule has 0 unspecified atom stereocenters. The summed E-state index contributed by atoms with van der Waals surface area (Å²) in [6.45, 7) is 5.99. The maximum absolute atomic E-state index is 10.1. The van der Waals surface area contributed by atoms with Crippen LogP contribution in [0.2, 0.25) is 10.0 Å². The SMILES string of the molecule is CCN(CC)c1ccc(/C=C(/C#N)c2nn(-c3ccccc3)c(N)c2C#N)c(OCc2ccc(Cl)cc2Cl)c1. The zero-order valence-electron chi connectivity index (χ0n) is 21.5. The molecule has 0 saturated carbocycles. The molecule has 0 amide bonds. The smallest absolute Gasteiger partial charge is 0.145 e. The molecule has 0 radical (unpaired) electrons. The number of rotatable bonds is 9. The molecule has 196 valence electrons. The lowest BCUT2D eigenvalue weighted by Crippen LogP contribution is -2.21. The molecule has 4 aromatic rings. The van der Waals surface area contributed by atoms with Crippen LogP contribution in [0.5, 0.6) is 5.75 Å². The summed E-state index contributed by atoms with van der Waals surface area (Å²) in [5.41, 5.74) is 9.84. The van der Waals surface area contributed by atoms with E-state index in [1.165, 1.54) is 4.68 Å². The van der Waals surface area contributed by atoms with Crippen LogP contribution in [0, 0.1) is 22.7 Å². The lowest BCUT2D eigenvalue weighted by molar-refractivity contribution is 0.305. The maximum atomic E-state index is 10.1. The normalized spacial score (nSPS) is 11.1. The molecule has 0 saturated heterocycles. The van der Waals surface area contributed by atoms with Gasteiger partial charge in [0.15, 0.2) is 0 Å². The molecule has 39 heavy (non-hydrogen) atoms. The number of halogens is 2. The first kappa shape index (κ1) is 27.6. The van der Waals surface area contributed by atoms with Gasteiger partial charge in [-0.15, -0.1) is 0 Å². The van der Waals surface area contributed by atoms with E-state index >= 15 is 0 Å². The predicted octanol–water partition coefficient (Wildman–Crippen LogP) is 7.12. The molecule has 0 fully saturated rings. The van der Waals surface area contributed by atoms with E-state index in [-0.39, 0.29) is 29.3 Å². The molecule has 3 aromatic carbocycles. The highest BCUT2D eigenvalue weighted by atomic mass is 35.5. The Hall–Kier alpha value is -4.43. The number of hydrogen-bond donors (Lipinski definition) is 1. The molecular weight excluding hydrogens is 531 g/mol. The van der Waals surface area contributed by atoms with E-state index in [2.05, 4.69) is 36.0 Å². The van der Waals surface area contributed by atoms with Crippen LogP contribution in [0.4, 0.5) is 11.5 Å². The molecule has 0 aliphatic carbocycles. The van der Waals surface area contributed by atoms with Crippen LogP contribution < -0.4 is 15.4 Å². The van der Waals surface area contributed by atoms with Gasteiger partial charge in [0, 0.05) is 46.0 Å². The fraction of sp³-hybridized carbons (Fsp3) is 0.167. The minimum atomic E-state index is 0.127. The number of nitriles is 2. The van der Waals surface area contributed by atoms with Gasteiger partial charge in [0.1, 0.15) is 41.6 Å². The van der Waals surface area contributed by atoms with Gasteiger partial charge < -0.3 is 15.4 Å². The molecule has 0 aliphatic rings. The Morgan fingerprint density at radius 2 is 1.79 bits per heavy atom. The summed E-state index contributed by atoms with van der Waals surface area (Å²) in [6, 6.07) is 24.5. The second-order valence-corrected chi connectivity index (χ2v) is 9.40. The predicted molar refractivity (Wildman–Crippen MR) is 157 cm³/mol. The molecule has 2 N–H and O–H groups in total. The van der Waals surface area contributed by atoms with E-state index in [1.54, 1.807) is 18.2 Å². The fourth-order valence-electron chi connectivity index (χ4n) is 4.15. The number of allylic oxidation sites excluding steroid dienone is 1. The number of hydrogen-bond acceptors (Lipinski definition) is 6. The van der Waals surface area contributed by atoms with Crippen molar-refractivity contribution in [1.82, 2.24) is 9.78 Å². The summed E-state index contributed by atoms with van der Waals surface area (Å²) < 4.78 is 7.70. The van der Waals surface area contributed by atoms with Gasteiger partial charge in [-0.3, -0.25) is 0 Å². The topological polar surface area (TPSA) is 104 Å². The zero-order chi connectivity index (χ0) is 27.9. The zero-order valence-corrected chi connectivity index (χ0v) is 23.0. The minimum Gasteiger partial charge on any atom is -0.488 e. The van der Waals surface area contributed by atoms with Crippen LogP contribution in [0.1, 0.15) is 36.2 Å². The van der Waals surface area contributed by atoms with Crippen LogP contribution >= 0.6 is 23.2 Å². The van der Waals surface area contributed by atoms with Gasteiger partial charge in [-0.1, -0.05) is 47.5 Å². The van der Waals surface area contributed by atoms with Crippen molar-refractivity contribution in [2.24, 2.45) is 0 Å². The van der Waals surface area contributed by atoms with Gasteiger partial charge in [0.2, 0.25) is 0 Å². The molecule has 0 atom stereocenters. The fourth-order valence-corrected chi connectivity index (χ4v) is 4.61. The summed E-state index contributed by atoms with van der Waals surface area (Å²) in [4.78, 5) is 2.19. The molecule has 0 aliphatic heterocycles. The van der Waals surface area contributed by atoms with Crippen LogP contribution in [-0.4, -0.2) is 22.9 Å². The van der Waals surface area contributed by atoms with E-state index in [0.717, 1.165) is 24.3 Å². The van der Waals surface area contributed by atoms with E-state index in [4.69, 9.17) is 33.7 Å². The quantitative estimate of drug-likeness (QED) is 0.220. The van der Waals surface area contributed by atoms with E-state index in [0.29, 0.717) is 27.0 Å². The van der Waals surface area contributed by atoms with Gasteiger partial charge in [-0.05, 0) is 56.3 Å². The monoisotopic (exact) mass is 556 g/mol. The van der Waals surface area contributed by atoms with Gasteiger partial charge in [-0.25, -0.2) is 4.68 Å². The van der Waals surface area contributed by atoms with Crippen LogP contribution in [-0.2, 0) is 6.61 Å². The summed E-state index contributed by atoms with van der Waals surface area (Å²) in [7, 11) is 0. The first-order chi connectivity index (χ1) is 18.9. The molecule has 7 nitrogen and oxygen atoms in total. The van der Waals surface area contributed by atoms with Crippen molar-refractivity contribution in [1.29, 1.82) is 10.5 Å². The number of anilines is 2. The van der Waals surface area contributed by atoms with Crippen molar-refractivity contribution in [2.45, 2.75) is 20.5 Å². The minimum absolute atomic E-state index is 0.127. The third-order valence-corrected chi connectivity index (χ3v) is 6.82. The Balaban J connectivity index is 1.79. The van der Waals surface area contributed by atoms with Crippen molar-refractivity contribution < 1.29 is 4.74 Å². The first-order valence-corrected chi connectivity index (χ1v) is 13.1. The van der Waals surface area contributed by atoms with Crippen molar-refractivity contribution in [3.8, 4) is 23.6 Å². The number of benzene rings is 3. The van der Waals surface area contributed by atoms with Gasteiger partial charge in [0.25, 0.3) is 0 Å². The average Bonchev–Trinajstić information content (AvgIpc) is 3.28. The second-order valence-electron chi connectivity index (χ2n) is 8.56. The van der Waals surface area contributed by atoms with Crippen molar-refractivity contribution >= 4 is 46.4 Å². The summed E-state index contributed by atoms with van der Waals surface area (Å²) in [5, 5.41) is 25.5. The number of nitrogens with two attached hydrogens (primary N) is 1. The van der Waals surface area contributed by atoms with E-state index < -0.39 is 0 Å². The highest BCUT2D eigenvalue weighted by Crippen LogP contribution is 2.33. The largest absolute Gasteiger partial charge is 0.488 e. The lowest BCUT2D eigenvalue weighted by Gasteiger charge is -2.22. The number of nitrogen functional groups attached to an aromatic ring is 1. The van der Waals surface area contributed by atoms with Crippen molar-refractivity contribution in [3.63, 3.8) is 0 Å². The third kappa shape index (κ3) is 6.02. The average molecular weight is 557 g/mol. The number of ether oxygens (including phenoxy) is 1. The number of para-hydroxylation sites is 1. The van der Waals surface area contributed by atoms with Crippen molar-refractivity contribution in [3.05, 3.63) is 99.2 Å². The lowest BCUT2D eigenvalue weighted by atomic mass is 10.0. The van der Waals surface area contributed by atoms with Gasteiger partial charge in [0.05, 0.1) is 11.3 Å². The first-order valence-electron chi connectivity index (χ1n) is 12.3. The maximum Gasteiger partial charge on any atom is 0.145 e. The Morgan fingerprint density at radius 3 is 2.44 bits per heavy atom. The Morgan fingerprint density at radius 1 is 1.05 bits per heavy atom. The molecule has 0 bridgehead atoms. The second kappa shape index (κ2) is 12.4. The Bertz CT molecular complexity index is 1590. The molecule has 0 spiro atoms. The molecule has 4 rings (SSSR count). The van der Waals surface area contributed by atoms with E-state index in [9.17, 15) is 10.5 Å². The van der Waals surface area contributed by atoms with Crippen molar-refractivity contribution in [2.75, 3.05) is 23.7 Å². The van der Waals surface area contributed by atoms with Gasteiger partial charge >= 0.3 is 0 Å².